The summed E-state index contributed by atoms with van der Waals surface area (Å²) in [7, 11) is 0. The molecule has 1 atom stereocenters. The molecule has 0 radical (unpaired) electrons. The Balaban J connectivity index is 2.38. The van der Waals surface area contributed by atoms with Gasteiger partial charge in [0, 0.05) is 18.2 Å². The SMILES string of the molecule is C=CC[C@@H](/C=C(\C#N)N(CC)c1ccccc1)c1ccccc1. The lowest BCUT2D eigenvalue weighted by atomic mass is 9.94. The van der Waals surface area contributed by atoms with Crippen LogP contribution >= 0.6 is 0 Å². The molecule has 0 aliphatic rings. The Kier molecular flexibility index (Phi) is 6.20. The van der Waals surface area contributed by atoms with E-state index < -0.39 is 0 Å². The van der Waals surface area contributed by atoms with E-state index in [1.54, 1.807) is 0 Å². The minimum atomic E-state index is 0.154. The van der Waals surface area contributed by atoms with Crippen molar-refractivity contribution in [2.75, 3.05) is 11.4 Å². The van der Waals surface area contributed by atoms with Crippen LogP contribution in [0.3, 0.4) is 0 Å². The third kappa shape index (κ3) is 4.34. The average Bonchev–Trinajstić information content (AvgIpc) is 2.62. The lowest BCUT2D eigenvalue weighted by molar-refractivity contribution is 0.845. The molecule has 0 aliphatic heterocycles. The van der Waals surface area contributed by atoms with Gasteiger partial charge in [0.1, 0.15) is 11.8 Å². The molecular formula is C21H22N2. The van der Waals surface area contributed by atoms with Gasteiger partial charge >= 0.3 is 0 Å². The van der Waals surface area contributed by atoms with Crippen molar-refractivity contribution >= 4 is 5.69 Å². The van der Waals surface area contributed by atoms with Crippen LogP contribution in [0.1, 0.15) is 24.8 Å². The minimum absolute atomic E-state index is 0.154. The first-order valence-electron chi connectivity index (χ1n) is 7.90. The third-order valence-electron chi connectivity index (χ3n) is 3.80. The summed E-state index contributed by atoms with van der Waals surface area (Å²) in [5.41, 5.74) is 2.91. The van der Waals surface area contributed by atoms with Gasteiger partial charge in [0.25, 0.3) is 0 Å². The van der Waals surface area contributed by atoms with E-state index in [0.29, 0.717) is 5.70 Å². The summed E-state index contributed by atoms with van der Waals surface area (Å²) in [5, 5.41) is 9.67. The summed E-state index contributed by atoms with van der Waals surface area (Å²) in [5.74, 6) is 0.154. The standard InChI is InChI=1S/C21H22N2/c1-3-11-19(18-12-7-5-8-13-18)16-21(17-22)23(4-2)20-14-9-6-10-15-20/h3,5-10,12-16,19H,1,4,11H2,2H3/b21-16+/t19-/m0/s1. The molecule has 0 saturated carbocycles. The molecule has 2 rings (SSSR count). The predicted molar refractivity (Wildman–Crippen MR) is 97.2 cm³/mol. The highest BCUT2D eigenvalue weighted by Gasteiger charge is 2.14. The zero-order valence-corrected chi connectivity index (χ0v) is 13.5. The minimum Gasteiger partial charge on any atom is -0.333 e. The Morgan fingerprint density at radius 2 is 1.74 bits per heavy atom. The highest BCUT2D eigenvalue weighted by Crippen LogP contribution is 2.26. The number of hydrogen-bond acceptors (Lipinski definition) is 2. The number of allylic oxidation sites excluding steroid dienone is 3. The molecule has 0 bridgehead atoms. The quantitative estimate of drug-likeness (QED) is 0.514. The Bertz CT molecular complexity index is 681. The van der Waals surface area contributed by atoms with Crippen molar-refractivity contribution in [1.29, 1.82) is 5.26 Å². The van der Waals surface area contributed by atoms with Gasteiger partial charge in [-0.1, -0.05) is 54.6 Å². The van der Waals surface area contributed by atoms with Crippen molar-refractivity contribution in [3.63, 3.8) is 0 Å². The first-order chi connectivity index (χ1) is 11.3. The Labute approximate surface area is 139 Å². The van der Waals surface area contributed by atoms with Crippen LogP contribution in [-0.2, 0) is 0 Å². The van der Waals surface area contributed by atoms with Crippen LogP contribution in [0, 0.1) is 11.3 Å². The van der Waals surface area contributed by atoms with E-state index in [4.69, 9.17) is 0 Å². The number of rotatable bonds is 7. The summed E-state index contributed by atoms with van der Waals surface area (Å²) < 4.78 is 0. The topological polar surface area (TPSA) is 27.0 Å². The van der Waals surface area contributed by atoms with E-state index in [2.05, 4.69) is 31.7 Å². The van der Waals surface area contributed by atoms with Crippen molar-refractivity contribution in [2.24, 2.45) is 0 Å². The fourth-order valence-electron chi connectivity index (χ4n) is 2.66. The van der Waals surface area contributed by atoms with Gasteiger partial charge < -0.3 is 4.90 Å². The molecule has 0 unspecified atom stereocenters. The van der Waals surface area contributed by atoms with Gasteiger partial charge in [-0.3, -0.25) is 0 Å². The Morgan fingerprint density at radius 3 is 2.26 bits per heavy atom. The van der Waals surface area contributed by atoms with Crippen LogP contribution in [-0.4, -0.2) is 6.54 Å². The number of anilines is 1. The molecule has 2 heteroatoms. The van der Waals surface area contributed by atoms with Gasteiger partial charge in [-0.15, -0.1) is 6.58 Å². The number of nitrogens with zero attached hydrogens (tertiary/aromatic N) is 2. The molecule has 0 saturated heterocycles. The maximum Gasteiger partial charge on any atom is 0.117 e. The van der Waals surface area contributed by atoms with Crippen LogP contribution in [0.2, 0.25) is 0 Å². The first-order valence-corrected chi connectivity index (χ1v) is 7.90. The zero-order valence-electron chi connectivity index (χ0n) is 13.5. The Morgan fingerprint density at radius 1 is 1.13 bits per heavy atom. The van der Waals surface area contributed by atoms with Gasteiger partial charge in [0.05, 0.1) is 0 Å². The van der Waals surface area contributed by atoms with Gasteiger partial charge in [-0.25, -0.2) is 0 Å². The molecule has 0 amide bonds. The van der Waals surface area contributed by atoms with Crippen molar-refractivity contribution in [1.82, 2.24) is 0 Å². The lowest BCUT2D eigenvalue weighted by Crippen LogP contribution is -2.21. The number of benzene rings is 2. The van der Waals surface area contributed by atoms with Crippen LogP contribution < -0.4 is 4.90 Å². The van der Waals surface area contributed by atoms with Crippen LogP contribution in [0.5, 0.6) is 0 Å². The maximum atomic E-state index is 9.67. The first kappa shape index (κ1) is 16.6. The van der Waals surface area contributed by atoms with Crippen molar-refractivity contribution in [3.8, 4) is 6.07 Å². The van der Waals surface area contributed by atoms with E-state index in [1.807, 2.05) is 65.6 Å². The molecule has 23 heavy (non-hydrogen) atoms. The summed E-state index contributed by atoms with van der Waals surface area (Å²) in [6.45, 7) is 6.66. The van der Waals surface area contributed by atoms with Gasteiger partial charge in [0.15, 0.2) is 0 Å². The van der Waals surface area contributed by atoms with Gasteiger partial charge in [-0.2, -0.15) is 5.26 Å². The van der Waals surface area contributed by atoms with E-state index in [0.717, 1.165) is 18.7 Å². The molecule has 2 aromatic rings. The summed E-state index contributed by atoms with van der Waals surface area (Å²) in [6.07, 6.45) is 4.76. The van der Waals surface area contributed by atoms with Crippen molar-refractivity contribution in [2.45, 2.75) is 19.3 Å². The van der Waals surface area contributed by atoms with Crippen LogP contribution in [0.25, 0.3) is 0 Å². The van der Waals surface area contributed by atoms with E-state index in [9.17, 15) is 5.26 Å². The summed E-state index contributed by atoms with van der Waals surface area (Å²) in [4.78, 5) is 2.04. The predicted octanol–water partition coefficient (Wildman–Crippen LogP) is 5.28. The van der Waals surface area contributed by atoms with E-state index in [1.165, 1.54) is 5.56 Å². The van der Waals surface area contributed by atoms with E-state index in [-0.39, 0.29) is 5.92 Å². The van der Waals surface area contributed by atoms with Crippen molar-refractivity contribution < 1.29 is 0 Å². The smallest absolute Gasteiger partial charge is 0.117 e. The molecule has 0 fully saturated rings. The molecule has 0 spiro atoms. The summed E-state index contributed by atoms with van der Waals surface area (Å²) in [6, 6.07) is 22.6. The molecule has 0 aromatic heterocycles. The zero-order chi connectivity index (χ0) is 16.5. The van der Waals surface area contributed by atoms with Crippen LogP contribution in [0.4, 0.5) is 5.69 Å². The normalized spacial score (nSPS) is 12.3. The van der Waals surface area contributed by atoms with Crippen molar-refractivity contribution in [3.05, 3.63) is 90.7 Å². The highest BCUT2D eigenvalue weighted by atomic mass is 15.1. The fraction of sp³-hybridized carbons (Fsp3) is 0.190. The molecule has 0 heterocycles. The molecule has 116 valence electrons. The second kappa shape index (κ2) is 8.60. The van der Waals surface area contributed by atoms with E-state index >= 15 is 0 Å². The molecule has 0 N–H and O–H groups in total. The lowest BCUT2D eigenvalue weighted by Gasteiger charge is -2.23. The third-order valence-corrected chi connectivity index (χ3v) is 3.80. The Hall–Kier alpha value is -2.79. The molecule has 0 aliphatic carbocycles. The number of para-hydroxylation sites is 1. The molecule has 2 aromatic carbocycles. The fourth-order valence-corrected chi connectivity index (χ4v) is 2.66. The van der Waals surface area contributed by atoms with Gasteiger partial charge in [-0.05, 0) is 37.1 Å². The molecule has 2 nitrogen and oxygen atoms in total. The summed E-state index contributed by atoms with van der Waals surface area (Å²) >= 11 is 0. The second-order valence-electron chi connectivity index (χ2n) is 5.29. The van der Waals surface area contributed by atoms with Gasteiger partial charge in [0.2, 0.25) is 0 Å². The maximum absolute atomic E-state index is 9.67. The number of hydrogen-bond donors (Lipinski definition) is 0. The largest absolute Gasteiger partial charge is 0.333 e. The average molecular weight is 302 g/mol. The number of nitriles is 1. The van der Waals surface area contributed by atoms with Crippen LogP contribution in [0.15, 0.2) is 85.1 Å². The highest BCUT2D eigenvalue weighted by molar-refractivity contribution is 5.55. The monoisotopic (exact) mass is 302 g/mol. The molecular weight excluding hydrogens is 280 g/mol. The second-order valence-corrected chi connectivity index (χ2v) is 5.29.